The normalized spacial score (nSPS) is 14.5. The van der Waals surface area contributed by atoms with Gasteiger partial charge < -0.3 is 10.2 Å². The van der Waals surface area contributed by atoms with Gasteiger partial charge in [0.1, 0.15) is 12.6 Å². The molecule has 1 N–H and O–H groups in total. The molecule has 40 heavy (non-hydrogen) atoms. The summed E-state index contributed by atoms with van der Waals surface area (Å²) < 4.78 is 28.7. The van der Waals surface area contributed by atoms with Crippen LogP contribution in [0.4, 0.5) is 5.69 Å². The van der Waals surface area contributed by atoms with E-state index < -0.39 is 28.5 Å². The van der Waals surface area contributed by atoms with Crippen LogP contribution in [0.3, 0.4) is 0 Å². The maximum atomic E-state index is 14.0. The first-order valence-corrected chi connectivity index (χ1v) is 15.4. The molecule has 0 aliphatic heterocycles. The number of halogens is 2. The number of nitrogens with one attached hydrogen (secondary N) is 1. The maximum absolute atomic E-state index is 14.0. The Morgan fingerprint density at radius 3 is 2.35 bits per heavy atom. The van der Waals surface area contributed by atoms with Crippen LogP contribution in [0.15, 0.2) is 77.7 Å². The average Bonchev–Trinajstić information content (AvgIpc) is 3.45. The van der Waals surface area contributed by atoms with Crippen molar-refractivity contribution in [1.29, 1.82) is 0 Å². The van der Waals surface area contributed by atoms with Crippen molar-refractivity contribution in [2.45, 2.75) is 63.1 Å². The summed E-state index contributed by atoms with van der Waals surface area (Å²) in [4.78, 5) is 28.8. The highest BCUT2D eigenvalue weighted by Gasteiger charge is 2.34. The molecule has 7 nitrogen and oxygen atoms in total. The van der Waals surface area contributed by atoms with Crippen LogP contribution < -0.4 is 9.62 Å². The molecule has 10 heteroatoms. The molecule has 0 heterocycles. The van der Waals surface area contributed by atoms with E-state index in [1.165, 1.54) is 29.2 Å². The first-order chi connectivity index (χ1) is 19.1. The maximum Gasteiger partial charge on any atom is 0.264 e. The number of hydrogen-bond acceptors (Lipinski definition) is 4. The first kappa shape index (κ1) is 29.9. The van der Waals surface area contributed by atoms with E-state index in [-0.39, 0.29) is 39.1 Å². The van der Waals surface area contributed by atoms with Crippen LogP contribution in [-0.2, 0) is 26.2 Å². The Kier molecular flexibility index (Phi) is 9.77. The molecule has 212 valence electrons. The Bertz CT molecular complexity index is 1460. The zero-order chi connectivity index (χ0) is 28.9. The molecule has 1 aliphatic rings. The second-order valence-electron chi connectivity index (χ2n) is 10.1. The highest BCUT2D eigenvalue weighted by Crippen LogP contribution is 2.33. The number of aryl methyl sites for hydroxylation is 1. The van der Waals surface area contributed by atoms with E-state index in [2.05, 4.69) is 5.32 Å². The largest absolute Gasteiger partial charge is 0.352 e. The second kappa shape index (κ2) is 13.1. The summed E-state index contributed by atoms with van der Waals surface area (Å²) in [6.07, 6.45) is 3.91. The molecule has 0 saturated heterocycles. The van der Waals surface area contributed by atoms with E-state index in [9.17, 15) is 18.0 Å². The molecular formula is C30H33Cl2N3O4S. The second-order valence-corrected chi connectivity index (χ2v) is 12.8. The Morgan fingerprint density at radius 1 is 0.975 bits per heavy atom. The van der Waals surface area contributed by atoms with Crippen molar-refractivity contribution in [2.24, 2.45) is 0 Å². The fourth-order valence-corrected chi connectivity index (χ4v) is 6.77. The van der Waals surface area contributed by atoms with Gasteiger partial charge in [-0.1, -0.05) is 84.1 Å². The molecular weight excluding hydrogens is 569 g/mol. The number of anilines is 1. The van der Waals surface area contributed by atoms with Crippen LogP contribution in [0.1, 0.15) is 43.7 Å². The first-order valence-electron chi connectivity index (χ1n) is 13.2. The molecule has 1 aliphatic carbocycles. The summed E-state index contributed by atoms with van der Waals surface area (Å²) in [6.45, 7) is 3.16. The predicted octanol–water partition coefficient (Wildman–Crippen LogP) is 5.97. The predicted molar refractivity (Wildman–Crippen MR) is 159 cm³/mol. The molecule has 4 rings (SSSR count). The van der Waals surface area contributed by atoms with E-state index in [0.717, 1.165) is 41.1 Å². The number of sulfonamides is 1. The van der Waals surface area contributed by atoms with Gasteiger partial charge in [0.25, 0.3) is 10.0 Å². The van der Waals surface area contributed by atoms with E-state index in [1.54, 1.807) is 31.2 Å². The smallest absolute Gasteiger partial charge is 0.264 e. The molecule has 0 spiro atoms. The third-order valence-electron chi connectivity index (χ3n) is 7.09. The Labute approximate surface area is 246 Å². The van der Waals surface area contributed by atoms with Crippen LogP contribution in [-0.4, -0.2) is 43.8 Å². The van der Waals surface area contributed by atoms with Gasteiger partial charge in [-0.25, -0.2) is 8.42 Å². The number of nitrogens with zero attached hydrogens (tertiary/aromatic N) is 2. The van der Waals surface area contributed by atoms with Crippen LogP contribution in [0.25, 0.3) is 0 Å². The van der Waals surface area contributed by atoms with Crippen LogP contribution in [0, 0.1) is 6.92 Å². The van der Waals surface area contributed by atoms with Crippen LogP contribution >= 0.6 is 23.2 Å². The standard InChI is InChI=1S/C30H33Cl2N3O4S/c1-21-9-8-10-23(17-21)19-34(22(2)30(37)33-25-11-6-7-12-25)29(36)20-35(28-18-24(31)15-16-27(28)32)40(38,39)26-13-4-3-5-14-26/h3-5,8-10,13-18,22,25H,6-7,11-12,19-20H2,1-2H3,(H,33,37)/t22-/m1/s1. The molecule has 0 aromatic heterocycles. The van der Waals surface area contributed by atoms with Gasteiger partial charge in [-0.15, -0.1) is 0 Å². The van der Waals surface area contributed by atoms with Gasteiger partial charge in [-0.3, -0.25) is 13.9 Å². The topological polar surface area (TPSA) is 86.8 Å². The van der Waals surface area contributed by atoms with Crippen LogP contribution in [0.5, 0.6) is 0 Å². The Morgan fingerprint density at radius 2 is 1.68 bits per heavy atom. The average molecular weight is 603 g/mol. The van der Waals surface area contributed by atoms with E-state index in [4.69, 9.17) is 23.2 Å². The Balaban J connectivity index is 1.71. The fraction of sp³-hybridized carbons (Fsp3) is 0.333. The van der Waals surface area contributed by atoms with E-state index in [0.29, 0.717) is 0 Å². The zero-order valence-electron chi connectivity index (χ0n) is 22.5. The lowest BCUT2D eigenvalue weighted by Crippen LogP contribution is -2.52. The summed E-state index contributed by atoms with van der Waals surface area (Å²) in [6, 6.07) is 19.1. The number of amides is 2. The third kappa shape index (κ3) is 7.16. The lowest BCUT2D eigenvalue weighted by molar-refractivity contribution is -0.139. The monoisotopic (exact) mass is 601 g/mol. The van der Waals surface area contributed by atoms with E-state index in [1.807, 2.05) is 31.2 Å². The minimum absolute atomic E-state index is 0.00361. The number of benzene rings is 3. The number of hydrogen-bond donors (Lipinski definition) is 1. The van der Waals surface area contributed by atoms with Gasteiger partial charge in [-0.2, -0.15) is 0 Å². The SMILES string of the molecule is Cc1cccc(CN(C(=O)CN(c2cc(Cl)ccc2Cl)S(=O)(=O)c2ccccc2)[C@H](C)C(=O)NC2CCCC2)c1. The van der Waals surface area contributed by atoms with Gasteiger partial charge in [-0.05, 0) is 62.6 Å². The number of carbonyl (C=O) groups excluding carboxylic acids is 2. The summed E-state index contributed by atoms with van der Waals surface area (Å²) >= 11 is 12.7. The molecule has 3 aromatic carbocycles. The van der Waals surface area contributed by atoms with Crippen molar-refractivity contribution in [3.63, 3.8) is 0 Å². The summed E-state index contributed by atoms with van der Waals surface area (Å²) in [5.41, 5.74) is 1.91. The van der Waals surface area contributed by atoms with Gasteiger partial charge in [0, 0.05) is 17.6 Å². The van der Waals surface area contributed by atoms with Gasteiger partial charge >= 0.3 is 0 Å². The highest BCUT2D eigenvalue weighted by atomic mass is 35.5. The van der Waals surface area contributed by atoms with Crippen molar-refractivity contribution in [3.05, 3.63) is 94.0 Å². The van der Waals surface area contributed by atoms with Crippen molar-refractivity contribution in [1.82, 2.24) is 10.2 Å². The Hall–Kier alpha value is -3.07. The van der Waals surface area contributed by atoms with Gasteiger partial charge in [0.05, 0.1) is 15.6 Å². The van der Waals surface area contributed by atoms with Gasteiger partial charge in [0.2, 0.25) is 11.8 Å². The highest BCUT2D eigenvalue weighted by molar-refractivity contribution is 7.92. The quantitative estimate of drug-likeness (QED) is 0.310. The molecule has 1 saturated carbocycles. The minimum Gasteiger partial charge on any atom is -0.352 e. The third-order valence-corrected chi connectivity index (χ3v) is 9.42. The summed E-state index contributed by atoms with van der Waals surface area (Å²) in [5.74, 6) is -0.822. The minimum atomic E-state index is -4.22. The lowest BCUT2D eigenvalue weighted by atomic mass is 10.1. The molecule has 2 amide bonds. The van der Waals surface area contributed by atoms with Crippen molar-refractivity contribution >= 4 is 50.7 Å². The molecule has 1 fully saturated rings. The molecule has 0 bridgehead atoms. The molecule has 0 radical (unpaired) electrons. The zero-order valence-corrected chi connectivity index (χ0v) is 24.8. The van der Waals surface area contributed by atoms with Crippen LogP contribution in [0.2, 0.25) is 10.0 Å². The molecule has 1 atom stereocenters. The molecule has 0 unspecified atom stereocenters. The molecule has 3 aromatic rings. The van der Waals surface area contributed by atoms with Crippen molar-refractivity contribution < 1.29 is 18.0 Å². The lowest BCUT2D eigenvalue weighted by Gasteiger charge is -2.32. The summed E-state index contributed by atoms with van der Waals surface area (Å²) in [5, 5.41) is 3.45. The number of rotatable bonds is 10. The van der Waals surface area contributed by atoms with Gasteiger partial charge in [0.15, 0.2) is 0 Å². The number of carbonyl (C=O) groups is 2. The van der Waals surface area contributed by atoms with Crippen molar-refractivity contribution in [3.8, 4) is 0 Å². The van der Waals surface area contributed by atoms with E-state index >= 15 is 0 Å². The summed E-state index contributed by atoms with van der Waals surface area (Å²) in [7, 11) is -4.22. The fourth-order valence-electron chi connectivity index (χ4n) is 4.89. The van der Waals surface area contributed by atoms with Crippen molar-refractivity contribution in [2.75, 3.05) is 10.8 Å².